The largest absolute Gasteiger partial charge is 0.465 e. The lowest BCUT2D eigenvalue weighted by Crippen LogP contribution is -2.51. The van der Waals surface area contributed by atoms with Crippen LogP contribution in [-0.4, -0.2) is 56.0 Å². The van der Waals surface area contributed by atoms with Crippen molar-refractivity contribution in [3.05, 3.63) is 24.0 Å². The van der Waals surface area contributed by atoms with Gasteiger partial charge in [0.1, 0.15) is 11.9 Å². The van der Waals surface area contributed by atoms with Crippen LogP contribution in [0.25, 0.3) is 0 Å². The van der Waals surface area contributed by atoms with Crippen LogP contribution in [0.3, 0.4) is 0 Å². The standard InChI is InChI=1S/C15H18FN3O4/c1-18-12-4-2-3-10(16)13(12)19(7-9-8-23-9)6-5-11(14(18)20)17-15(21)22/h2-4,9,11,17H,5-8H2,1H3,(H,21,22)/t9?,11-/m0/s1. The summed E-state index contributed by atoms with van der Waals surface area (Å²) in [4.78, 5) is 26.5. The van der Waals surface area contributed by atoms with Gasteiger partial charge in [-0.3, -0.25) is 4.79 Å². The zero-order valence-corrected chi connectivity index (χ0v) is 12.7. The number of nitrogens with zero attached hydrogens (tertiary/aromatic N) is 2. The van der Waals surface area contributed by atoms with Crippen LogP contribution in [0.2, 0.25) is 0 Å². The lowest BCUT2D eigenvalue weighted by atomic mass is 10.1. The van der Waals surface area contributed by atoms with Crippen LogP contribution in [-0.2, 0) is 9.53 Å². The van der Waals surface area contributed by atoms with E-state index in [9.17, 15) is 14.0 Å². The van der Waals surface area contributed by atoms with Gasteiger partial charge in [0, 0.05) is 20.1 Å². The molecule has 0 bridgehead atoms. The molecule has 0 aromatic heterocycles. The summed E-state index contributed by atoms with van der Waals surface area (Å²) >= 11 is 0. The molecule has 2 aliphatic heterocycles. The van der Waals surface area contributed by atoms with Crippen LogP contribution < -0.4 is 15.1 Å². The van der Waals surface area contributed by atoms with E-state index in [1.807, 2.05) is 4.90 Å². The van der Waals surface area contributed by atoms with Crippen molar-refractivity contribution in [2.45, 2.75) is 18.6 Å². The third-order valence-corrected chi connectivity index (χ3v) is 4.08. The molecule has 1 saturated heterocycles. The maximum atomic E-state index is 14.4. The highest BCUT2D eigenvalue weighted by Crippen LogP contribution is 2.34. The quantitative estimate of drug-likeness (QED) is 0.812. The van der Waals surface area contributed by atoms with Crippen LogP contribution in [0.5, 0.6) is 0 Å². The lowest BCUT2D eigenvalue weighted by Gasteiger charge is -2.35. The number of ether oxygens (including phenoxy) is 1. The minimum absolute atomic E-state index is 0.0498. The Labute approximate surface area is 132 Å². The molecule has 2 aliphatic rings. The Balaban J connectivity index is 1.98. The Hall–Kier alpha value is -2.35. The summed E-state index contributed by atoms with van der Waals surface area (Å²) < 4.78 is 19.6. The van der Waals surface area contributed by atoms with E-state index in [4.69, 9.17) is 9.84 Å². The topological polar surface area (TPSA) is 85.4 Å². The molecule has 2 atom stereocenters. The van der Waals surface area contributed by atoms with Gasteiger partial charge in [0.15, 0.2) is 0 Å². The lowest BCUT2D eigenvalue weighted by molar-refractivity contribution is -0.120. The molecule has 23 heavy (non-hydrogen) atoms. The Morgan fingerprint density at radius 2 is 2.26 bits per heavy atom. The fourth-order valence-corrected chi connectivity index (χ4v) is 2.85. The normalized spacial score (nSPS) is 23.8. The number of likely N-dealkylation sites (N-methyl/N-ethyl adjacent to an activating group) is 1. The van der Waals surface area contributed by atoms with Crippen molar-refractivity contribution in [1.82, 2.24) is 5.32 Å². The molecule has 0 spiro atoms. The van der Waals surface area contributed by atoms with Gasteiger partial charge in [0.05, 0.1) is 24.1 Å². The van der Waals surface area contributed by atoms with Crippen molar-refractivity contribution in [2.75, 3.05) is 36.5 Å². The highest BCUT2D eigenvalue weighted by atomic mass is 19.1. The minimum atomic E-state index is -1.26. The Morgan fingerprint density at radius 3 is 2.91 bits per heavy atom. The van der Waals surface area contributed by atoms with Crippen LogP contribution >= 0.6 is 0 Å². The number of hydrogen-bond acceptors (Lipinski definition) is 4. The second kappa shape index (κ2) is 6.04. The van der Waals surface area contributed by atoms with Gasteiger partial charge in [-0.1, -0.05) is 6.07 Å². The number of benzene rings is 1. The first-order chi connectivity index (χ1) is 11.0. The molecule has 124 valence electrons. The number of halogens is 1. The molecular formula is C15H18FN3O4. The zero-order chi connectivity index (χ0) is 16.6. The Bertz CT molecular complexity index is 635. The number of rotatable bonds is 3. The summed E-state index contributed by atoms with van der Waals surface area (Å²) in [6.45, 7) is 1.50. The van der Waals surface area contributed by atoms with E-state index in [1.54, 1.807) is 6.07 Å². The average molecular weight is 323 g/mol. The first kappa shape index (κ1) is 15.5. The molecule has 1 aromatic carbocycles. The molecule has 7 nitrogen and oxygen atoms in total. The summed E-state index contributed by atoms with van der Waals surface area (Å²) in [5.41, 5.74) is 0.778. The number of carboxylic acid groups (broad SMARTS) is 1. The second-order valence-corrected chi connectivity index (χ2v) is 5.70. The fraction of sp³-hybridized carbons (Fsp3) is 0.467. The highest BCUT2D eigenvalue weighted by molar-refractivity contribution is 6.01. The van der Waals surface area contributed by atoms with E-state index in [-0.39, 0.29) is 12.5 Å². The predicted octanol–water partition coefficient (Wildman–Crippen LogP) is 1.03. The molecule has 2 heterocycles. The average Bonchev–Trinajstić information content (AvgIpc) is 3.31. The van der Waals surface area contributed by atoms with E-state index >= 15 is 0 Å². The first-order valence-electron chi connectivity index (χ1n) is 7.39. The van der Waals surface area contributed by atoms with Crippen LogP contribution in [0.15, 0.2) is 18.2 Å². The van der Waals surface area contributed by atoms with Gasteiger partial charge < -0.3 is 25.0 Å². The summed E-state index contributed by atoms with van der Waals surface area (Å²) in [5, 5.41) is 11.2. The highest BCUT2D eigenvalue weighted by Gasteiger charge is 2.34. The van der Waals surface area contributed by atoms with Crippen molar-refractivity contribution in [3.8, 4) is 0 Å². The van der Waals surface area contributed by atoms with Gasteiger partial charge in [0.2, 0.25) is 5.91 Å². The van der Waals surface area contributed by atoms with Crippen molar-refractivity contribution >= 4 is 23.4 Å². The molecular weight excluding hydrogens is 305 g/mol. The molecule has 8 heteroatoms. The minimum Gasteiger partial charge on any atom is -0.465 e. The molecule has 0 radical (unpaired) electrons. The third-order valence-electron chi connectivity index (χ3n) is 4.08. The smallest absolute Gasteiger partial charge is 0.405 e. The second-order valence-electron chi connectivity index (χ2n) is 5.70. The number of para-hydroxylation sites is 1. The van der Waals surface area contributed by atoms with Gasteiger partial charge in [-0.2, -0.15) is 0 Å². The summed E-state index contributed by atoms with van der Waals surface area (Å²) in [6.07, 6.45) is -0.946. The molecule has 3 rings (SSSR count). The van der Waals surface area contributed by atoms with Crippen molar-refractivity contribution in [1.29, 1.82) is 0 Å². The summed E-state index contributed by atoms with van der Waals surface area (Å²) in [7, 11) is 1.52. The fourth-order valence-electron chi connectivity index (χ4n) is 2.85. The number of epoxide rings is 1. The maximum Gasteiger partial charge on any atom is 0.405 e. The maximum absolute atomic E-state index is 14.4. The van der Waals surface area contributed by atoms with Gasteiger partial charge >= 0.3 is 6.09 Å². The zero-order valence-electron chi connectivity index (χ0n) is 12.7. The summed E-state index contributed by atoms with van der Waals surface area (Å²) in [6, 6.07) is 3.68. The molecule has 1 unspecified atom stereocenters. The number of nitrogens with one attached hydrogen (secondary N) is 1. The molecule has 1 fully saturated rings. The third kappa shape index (κ3) is 3.21. The van der Waals surface area contributed by atoms with Gasteiger partial charge in [0.25, 0.3) is 0 Å². The van der Waals surface area contributed by atoms with Crippen molar-refractivity contribution < 1.29 is 23.8 Å². The van der Waals surface area contributed by atoms with E-state index in [0.717, 1.165) is 0 Å². The number of carbonyl (C=O) groups is 2. The van der Waals surface area contributed by atoms with Gasteiger partial charge in [-0.05, 0) is 18.6 Å². The molecule has 0 saturated carbocycles. The van der Waals surface area contributed by atoms with E-state index < -0.39 is 23.9 Å². The van der Waals surface area contributed by atoms with E-state index in [2.05, 4.69) is 5.32 Å². The number of carbonyl (C=O) groups excluding carboxylic acids is 1. The molecule has 2 amide bonds. The molecule has 1 aromatic rings. The number of amides is 2. The first-order valence-corrected chi connectivity index (χ1v) is 7.39. The SMILES string of the molecule is CN1C(=O)[C@@H](NC(=O)O)CCN(CC2CO2)c2c(F)cccc21. The van der Waals surface area contributed by atoms with Crippen LogP contribution in [0.4, 0.5) is 20.6 Å². The van der Waals surface area contributed by atoms with Crippen LogP contribution in [0, 0.1) is 5.82 Å². The number of fused-ring (bicyclic) bond motifs is 1. The predicted molar refractivity (Wildman–Crippen MR) is 81.3 cm³/mol. The van der Waals surface area contributed by atoms with Gasteiger partial charge in [-0.15, -0.1) is 0 Å². The van der Waals surface area contributed by atoms with Crippen LogP contribution in [0.1, 0.15) is 6.42 Å². The molecule has 0 aliphatic carbocycles. The Kier molecular flexibility index (Phi) is 4.08. The number of anilines is 2. The van der Waals surface area contributed by atoms with Crippen molar-refractivity contribution in [3.63, 3.8) is 0 Å². The van der Waals surface area contributed by atoms with E-state index in [0.29, 0.717) is 31.1 Å². The monoisotopic (exact) mass is 323 g/mol. The summed E-state index contributed by atoms with van der Waals surface area (Å²) in [5.74, 6) is -0.811. The molecule has 2 N–H and O–H groups in total. The van der Waals surface area contributed by atoms with Gasteiger partial charge in [-0.25, -0.2) is 9.18 Å². The van der Waals surface area contributed by atoms with Crippen molar-refractivity contribution in [2.24, 2.45) is 0 Å². The number of hydrogen-bond donors (Lipinski definition) is 2. The Morgan fingerprint density at radius 1 is 1.52 bits per heavy atom. The van der Waals surface area contributed by atoms with E-state index in [1.165, 1.54) is 24.1 Å².